The van der Waals surface area contributed by atoms with E-state index in [1.165, 1.54) is 0 Å². The van der Waals surface area contributed by atoms with E-state index in [4.69, 9.17) is 9.47 Å². The van der Waals surface area contributed by atoms with Gasteiger partial charge in [-0.2, -0.15) is 0 Å². The van der Waals surface area contributed by atoms with Crippen LogP contribution in [0.2, 0.25) is 0 Å². The SMILES string of the molecule is CCOc1ccc(NCCC(=O)Nc2ccccc2OC)cc1. The Labute approximate surface area is 136 Å². The fraction of sp³-hybridized carbons (Fsp3) is 0.278. The molecule has 0 bridgehead atoms. The number of carbonyl (C=O) groups is 1. The van der Waals surface area contributed by atoms with Crippen molar-refractivity contribution < 1.29 is 14.3 Å². The molecule has 122 valence electrons. The lowest BCUT2D eigenvalue weighted by Gasteiger charge is -2.11. The Balaban J connectivity index is 1.78. The average molecular weight is 314 g/mol. The van der Waals surface area contributed by atoms with Crippen LogP contribution < -0.4 is 20.1 Å². The van der Waals surface area contributed by atoms with Crippen molar-refractivity contribution in [3.8, 4) is 11.5 Å². The molecule has 0 saturated heterocycles. The minimum absolute atomic E-state index is 0.0621. The number of hydrogen-bond donors (Lipinski definition) is 2. The monoisotopic (exact) mass is 314 g/mol. The van der Waals surface area contributed by atoms with Crippen LogP contribution in [0.5, 0.6) is 11.5 Å². The Kier molecular flexibility index (Phi) is 6.29. The highest BCUT2D eigenvalue weighted by molar-refractivity contribution is 5.92. The van der Waals surface area contributed by atoms with Crippen molar-refractivity contribution in [1.29, 1.82) is 0 Å². The van der Waals surface area contributed by atoms with E-state index in [1.54, 1.807) is 7.11 Å². The van der Waals surface area contributed by atoms with Gasteiger partial charge in [0, 0.05) is 18.7 Å². The lowest BCUT2D eigenvalue weighted by atomic mass is 10.2. The van der Waals surface area contributed by atoms with Gasteiger partial charge in [0.05, 0.1) is 19.4 Å². The van der Waals surface area contributed by atoms with E-state index in [1.807, 2.05) is 55.5 Å². The number of hydrogen-bond acceptors (Lipinski definition) is 4. The molecule has 0 unspecified atom stereocenters. The van der Waals surface area contributed by atoms with Crippen LogP contribution in [0.4, 0.5) is 11.4 Å². The lowest BCUT2D eigenvalue weighted by Crippen LogP contribution is -2.16. The van der Waals surface area contributed by atoms with Gasteiger partial charge in [0.2, 0.25) is 5.91 Å². The molecule has 0 radical (unpaired) electrons. The van der Waals surface area contributed by atoms with Crippen molar-refractivity contribution in [2.45, 2.75) is 13.3 Å². The zero-order chi connectivity index (χ0) is 16.5. The van der Waals surface area contributed by atoms with Gasteiger partial charge in [0.15, 0.2) is 0 Å². The van der Waals surface area contributed by atoms with Crippen LogP contribution in [0.15, 0.2) is 48.5 Å². The maximum atomic E-state index is 12.0. The summed E-state index contributed by atoms with van der Waals surface area (Å²) in [5.74, 6) is 1.43. The molecule has 0 aliphatic rings. The lowest BCUT2D eigenvalue weighted by molar-refractivity contribution is -0.116. The zero-order valence-corrected chi connectivity index (χ0v) is 13.5. The van der Waals surface area contributed by atoms with Crippen LogP contribution in [0.25, 0.3) is 0 Å². The van der Waals surface area contributed by atoms with Crippen molar-refractivity contribution >= 4 is 17.3 Å². The number of ether oxygens (including phenoxy) is 2. The van der Waals surface area contributed by atoms with Gasteiger partial charge in [0.25, 0.3) is 0 Å². The molecule has 2 aromatic rings. The number of benzene rings is 2. The van der Waals surface area contributed by atoms with Crippen LogP contribution in [0.3, 0.4) is 0 Å². The predicted octanol–water partition coefficient (Wildman–Crippen LogP) is 3.53. The summed E-state index contributed by atoms with van der Waals surface area (Å²) in [6.07, 6.45) is 0.366. The van der Waals surface area contributed by atoms with Gasteiger partial charge in [-0.25, -0.2) is 0 Å². The van der Waals surface area contributed by atoms with Gasteiger partial charge < -0.3 is 20.1 Å². The van der Waals surface area contributed by atoms with Crippen LogP contribution in [-0.2, 0) is 4.79 Å². The van der Waals surface area contributed by atoms with Gasteiger partial charge in [-0.05, 0) is 43.3 Å². The second kappa shape index (κ2) is 8.68. The quantitative estimate of drug-likeness (QED) is 0.782. The first-order valence-corrected chi connectivity index (χ1v) is 7.62. The molecule has 0 saturated carbocycles. The number of methoxy groups -OCH3 is 1. The van der Waals surface area contributed by atoms with Crippen molar-refractivity contribution in [3.63, 3.8) is 0 Å². The van der Waals surface area contributed by atoms with E-state index in [-0.39, 0.29) is 5.91 Å². The average Bonchev–Trinajstić information content (AvgIpc) is 2.57. The molecule has 2 aromatic carbocycles. The molecule has 5 heteroatoms. The predicted molar refractivity (Wildman–Crippen MR) is 92.3 cm³/mol. The van der Waals surface area contributed by atoms with E-state index in [0.29, 0.717) is 31.0 Å². The molecule has 0 spiro atoms. The molecule has 1 amide bonds. The number of nitrogens with one attached hydrogen (secondary N) is 2. The summed E-state index contributed by atoms with van der Waals surface area (Å²) in [6, 6.07) is 15.0. The highest BCUT2D eigenvalue weighted by Crippen LogP contribution is 2.23. The molecule has 0 aliphatic carbocycles. The summed E-state index contributed by atoms with van der Waals surface area (Å²) in [4.78, 5) is 12.0. The Morgan fingerprint density at radius 1 is 1.09 bits per heavy atom. The van der Waals surface area contributed by atoms with Crippen molar-refractivity contribution in [2.24, 2.45) is 0 Å². The third kappa shape index (κ3) is 5.21. The molecule has 0 aliphatic heterocycles. The molecule has 23 heavy (non-hydrogen) atoms. The minimum atomic E-state index is -0.0621. The molecule has 5 nitrogen and oxygen atoms in total. The van der Waals surface area contributed by atoms with Gasteiger partial charge in [-0.15, -0.1) is 0 Å². The molecule has 0 aromatic heterocycles. The maximum Gasteiger partial charge on any atom is 0.226 e. The normalized spacial score (nSPS) is 10.0. The van der Waals surface area contributed by atoms with E-state index in [0.717, 1.165) is 11.4 Å². The smallest absolute Gasteiger partial charge is 0.226 e. The Bertz CT molecular complexity index is 626. The zero-order valence-electron chi connectivity index (χ0n) is 13.5. The maximum absolute atomic E-state index is 12.0. The van der Waals surface area contributed by atoms with Crippen LogP contribution in [0.1, 0.15) is 13.3 Å². The summed E-state index contributed by atoms with van der Waals surface area (Å²) in [5.41, 5.74) is 1.64. The molecule has 0 atom stereocenters. The molecule has 2 rings (SSSR count). The third-order valence-electron chi connectivity index (χ3n) is 3.23. The summed E-state index contributed by atoms with van der Waals surface area (Å²) < 4.78 is 10.6. The van der Waals surface area contributed by atoms with Crippen LogP contribution in [0, 0.1) is 0 Å². The fourth-order valence-electron chi connectivity index (χ4n) is 2.12. The first kappa shape index (κ1) is 16.7. The Morgan fingerprint density at radius 3 is 2.52 bits per heavy atom. The van der Waals surface area contributed by atoms with E-state index < -0.39 is 0 Å². The van der Waals surface area contributed by atoms with Gasteiger partial charge in [-0.3, -0.25) is 4.79 Å². The third-order valence-corrected chi connectivity index (χ3v) is 3.23. The number of carbonyl (C=O) groups excluding carboxylic acids is 1. The van der Waals surface area contributed by atoms with Gasteiger partial charge >= 0.3 is 0 Å². The summed E-state index contributed by atoms with van der Waals surface area (Å²) in [7, 11) is 1.58. The number of amides is 1. The first-order chi connectivity index (χ1) is 11.2. The highest BCUT2D eigenvalue weighted by atomic mass is 16.5. The number of rotatable bonds is 8. The summed E-state index contributed by atoms with van der Waals surface area (Å²) in [6.45, 7) is 3.15. The van der Waals surface area contributed by atoms with Crippen LogP contribution in [-0.4, -0.2) is 26.2 Å². The first-order valence-electron chi connectivity index (χ1n) is 7.62. The molecule has 0 fully saturated rings. The summed E-state index contributed by atoms with van der Waals surface area (Å²) in [5, 5.41) is 6.06. The molecule has 0 heterocycles. The Morgan fingerprint density at radius 2 is 1.83 bits per heavy atom. The van der Waals surface area contributed by atoms with Gasteiger partial charge in [0.1, 0.15) is 11.5 Å². The largest absolute Gasteiger partial charge is 0.495 e. The number of para-hydroxylation sites is 2. The van der Waals surface area contributed by atoms with Crippen LogP contribution >= 0.6 is 0 Å². The van der Waals surface area contributed by atoms with Crippen molar-refractivity contribution in [1.82, 2.24) is 0 Å². The topological polar surface area (TPSA) is 59.6 Å². The van der Waals surface area contributed by atoms with Gasteiger partial charge in [-0.1, -0.05) is 12.1 Å². The molecular weight excluding hydrogens is 292 g/mol. The van der Waals surface area contributed by atoms with E-state index in [9.17, 15) is 4.79 Å². The Hall–Kier alpha value is -2.69. The fourth-order valence-corrected chi connectivity index (χ4v) is 2.12. The van der Waals surface area contributed by atoms with E-state index in [2.05, 4.69) is 10.6 Å². The van der Waals surface area contributed by atoms with Crippen molar-refractivity contribution in [2.75, 3.05) is 30.9 Å². The number of anilines is 2. The second-order valence-corrected chi connectivity index (χ2v) is 4.88. The molecule has 2 N–H and O–H groups in total. The minimum Gasteiger partial charge on any atom is -0.495 e. The standard InChI is InChI=1S/C18H22N2O3/c1-3-23-15-10-8-14(9-11-15)19-13-12-18(21)20-16-6-4-5-7-17(16)22-2/h4-11,19H,3,12-13H2,1-2H3,(H,20,21). The van der Waals surface area contributed by atoms with Crippen molar-refractivity contribution in [3.05, 3.63) is 48.5 Å². The highest BCUT2D eigenvalue weighted by Gasteiger charge is 2.06. The second-order valence-electron chi connectivity index (χ2n) is 4.88. The summed E-state index contributed by atoms with van der Waals surface area (Å²) >= 11 is 0. The van der Waals surface area contributed by atoms with E-state index >= 15 is 0 Å². The molecular formula is C18H22N2O3.